The molecule has 0 unspecified atom stereocenters. The van der Waals surface area contributed by atoms with Crippen molar-refractivity contribution in [3.63, 3.8) is 0 Å². The molecule has 5 nitrogen and oxygen atoms in total. The highest BCUT2D eigenvalue weighted by Crippen LogP contribution is 2.32. The van der Waals surface area contributed by atoms with Gasteiger partial charge in [-0.15, -0.1) is 0 Å². The van der Waals surface area contributed by atoms with E-state index in [-0.39, 0.29) is 32.5 Å². The number of halogens is 2. The quantitative estimate of drug-likeness (QED) is 0.712. The van der Waals surface area contributed by atoms with Crippen LogP contribution in [-0.2, 0) is 10.0 Å². The van der Waals surface area contributed by atoms with E-state index in [1.54, 1.807) is 13.8 Å². The van der Waals surface area contributed by atoms with E-state index in [4.69, 9.17) is 23.2 Å². The Kier molecular flexibility index (Phi) is 7.59. The molecule has 1 aliphatic carbocycles. The molecule has 3 atom stereocenters. The van der Waals surface area contributed by atoms with Crippen LogP contribution in [0.15, 0.2) is 17.0 Å². The zero-order valence-corrected chi connectivity index (χ0v) is 18.6. The number of amides is 1. The molecule has 8 heteroatoms. The number of carbonyl (C=O) groups is 1. The second-order valence-corrected chi connectivity index (χ2v) is 9.92. The number of hydrogen-bond donors (Lipinski definition) is 1. The van der Waals surface area contributed by atoms with Gasteiger partial charge in [0.25, 0.3) is 5.91 Å². The molecule has 1 aliphatic rings. The van der Waals surface area contributed by atoms with Crippen LogP contribution in [0.3, 0.4) is 0 Å². The van der Waals surface area contributed by atoms with E-state index in [1.165, 1.54) is 16.4 Å². The zero-order valence-electron chi connectivity index (χ0n) is 16.3. The van der Waals surface area contributed by atoms with Crippen LogP contribution in [0.1, 0.15) is 57.3 Å². The Hall–Kier alpha value is -0.820. The number of nitrogens with zero attached hydrogens (tertiary/aromatic N) is 1. The third kappa shape index (κ3) is 4.78. The molecule has 0 bridgehead atoms. The molecule has 1 aromatic rings. The fourth-order valence-electron chi connectivity index (χ4n) is 3.64. The van der Waals surface area contributed by atoms with E-state index in [2.05, 4.69) is 19.2 Å². The van der Waals surface area contributed by atoms with Gasteiger partial charge in [0.15, 0.2) is 0 Å². The van der Waals surface area contributed by atoms with Crippen LogP contribution in [0.25, 0.3) is 0 Å². The lowest BCUT2D eigenvalue weighted by molar-refractivity contribution is 0.0891. The lowest BCUT2D eigenvalue weighted by atomic mass is 9.78. The summed E-state index contributed by atoms with van der Waals surface area (Å²) in [6.07, 6.45) is 3.13. The van der Waals surface area contributed by atoms with Gasteiger partial charge in [-0.3, -0.25) is 4.79 Å². The van der Waals surface area contributed by atoms with Crippen molar-refractivity contribution in [2.45, 2.75) is 57.9 Å². The maximum Gasteiger partial charge on any atom is 0.253 e. The Morgan fingerprint density at radius 1 is 1.15 bits per heavy atom. The standard InChI is InChI=1S/C19H28Cl2N2O3S/c1-5-23(6-2)27(25,26)18-10-14(15(20)11-16(18)21)19(24)22-17-9-7-8-12(3)13(17)4/h10-13,17H,5-9H2,1-4H3,(H,22,24)/t12-,13+,17+/m1/s1. The first kappa shape index (κ1) is 22.5. The molecule has 2 rings (SSSR count). The Bertz CT molecular complexity index is 794. The number of sulfonamides is 1. The number of benzene rings is 1. The van der Waals surface area contributed by atoms with Crippen molar-refractivity contribution in [1.82, 2.24) is 9.62 Å². The summed E-state index contributed by atoms with van der Waals surface area (Å²) in [4.78, 5) is 12.7. The van der Waals surface area contributed by atoms with Crippen LogP contribution < -0.4 is 5.32 Å². The van der Waals surface area contributed by atoms with Crippen molar-refractivity contribution in [3.05, 3.63) is 27.7 Å². The molecule has 1 amide bonds. The van der Waals surface area contributed by atoms with Crippen molar-refractivity contribution in [2.24, 2.45) is 11.8 Å². The summed E-state index contributed by atoms with van der Waals surface area (Å²) in [6, 6.07) is 2.68. The molecule has 1 aromatic carbocycles. The second kappa shape index (κ2) is 9.12. The third-order valence-electron chi connectivity index (χ3n) is 5.61. The summed E-state index contributed by atoms with van der Waals surface area (Å²) in [5, 5.41) is 3.20. The maximum atomic E-state index is 12.9. The van der Waals surface area contributed by atoms with E-state index in [0.717, 1.165) is 19.3 Å². The minimum atomic E-state index is -3.79. The monoisotopic (exact) mass is 434 g/mol. The van der Waals surface area contributed by atoms with Crippen molar-refractivity contribution < 1.29 is 13.2 Å². The summed E-state index contributed by atoms with van der Waals surface area (Å²) >= 11 is 12.4. The normalized spacial score (nSPS) is 23.4. The number of hydrogen-bond acceptors (Lipinski definition) is 3. The summed E-state index contributed by atoms with van der Waals surface area (Å²) in [5.41, 5.74) is 0.136. The highest BCUT2D eigenvalue weighted by Gasteiger charge is 2.30. The fourth-order valence-corrected chi connectivity index (χ4v) is 5.93. The zero-order chi connectivity index (χ0) is 20.4. The van der Waals surface area contributed by atoms with Crippen molar-refractivity contribution >= 4 is 39.1 Å². The average molecular weight is 435 g/mol. The molecule has 0 spiro atoms. The molecule has 0 heterocycles. The SMILES string of the molecule is CCN(CC)S(=O)(=O)c1cc(C(=O)N[C@H]2CCC[C@@H](C)[C@@H]2C)c(Cl)cc1Cl. The molecule has 1 saturated carbocycles. The fraction of sp³-hybridized carbons (Fsp3) is 0.632. The minimum Gasteiger partial charge on any atom is -0.349 e. The molecule has 152 valence electrons. The van der Waals surface area contributed by atoms with Crippen molar-refractivity contribution in [3.8, 4) is 0 Å². The van der Waals surface area contributed by atoms with Gasteiger partial charge in [-0.25, -0.2) is 8.42 Å². The largest absolute Gasteiger partial charge is 0.349 e. The minimum absolute atomic E-state index is 0.0168. The molecule has 1 fully saturated rings. The van der Waals surface area contributed by atoms with Crippen molar-refractivity contribution in [1.29, 1.82) is 0 Å². The van der Waals surface area contributed by atoms with Crippen LogP contribution in [0, 0.1) is 11.8 Å². The molecule has 0 aliphatic heterocycles. The molecular formula is C19H28Cl2N2O3S. The summed E-state index contributed by atoms with van der Waals surface area (Å²) in [5.74, 6) is 0.523. The summed E-state index contributed by atoms with van der Waals surface area (Å²) in [7, 11) is -3.79. The van der Waals surface area contributed by atoms with Crippen LogP contribution in [-0.4, -0.2) is 37.8 Å². The van der Waals surface area contributed by atoms with Crippen LogP contribution in [0.5, 0.6) is 0 Å². The van der Waals surface area contributed by atoms with Crippen LogP contribution >= 0.6 is 23.2 Å². The highest BCUT2D eigenvalue weighted by atomic mass is 35.5. The van der Waals surface area contributed by atoms with E-state index in [1.807, 2.05) is 0 Å². The Morgan fingerprint density at radius 3 is 2.37 bits per heavy atom. The van der Waals surface area contributed by atoms with Crippen LogP contribution in [0.4, 0.5) is 0 Å². The molecule has 0 saturated heterocycles. The Morgan fingerprint density at radius 2 is 1.78 bits per heavy atom. The Labute approximate surface area is 172 Å². The van der Waals surface area contributed by atoms with E-state index in [0.29, 0.717) is 24.9 Å². The van der Waals surface area contributed by atoms with Gasteiger partial charge in [0.2, 0.25) is 10.0 Å². The topological polar surface area (TPSA) is 66.5 Å². The highest BCUT2D eigenvalue weighted by molar-refractivity contribution is 7.89. The van der Waals surface area contributed by atoms with Gasteiger partial charge in [-0.05, 0) is 30.4 Å². The van der Waals surface area contributed by atoms with E-state index >= 15 is 0 Å². The molecular weight excluding hydrogens is 407 g/mol. The molecule has 0 aromatic heterocycles. The number of rotatable bonds is 6. The van der Waals surface area contributed by atoms with E-state index < -0.39 is 10.0 Å². The third-order valence-corrected chi connectivity index (χ3v) is 8.44. The van der Waals surface area contributed by atoms with Gasteiger partial charge in [0.1, 0.15) is 4.90 Å². The predicted molar refractivity (Wildman–Crippen MR) is 110 cm³/mol. The first-order chi connectivity index (χ1) is 12.6. The summed E-state index contributed by atoms with van der Waals surface area (Å²) in [6.45, 7) is 8.46. The number of carbonyl (C=O) groups excluding carboxylic acids is 1. The lowest BCUT2D eigenvalue weighted by Crippen LogP contribution is -2.43. The van der Waals surface area contributed by atoms with E-state index in [9.17, 15) is 13.2 Å². The van der Waals surface area contributed by atoms with Crippen molar-refractivity contribution in [2.75, 3.05) is 13.1 Å². The molecule has 27 heavy (non-hydrogen) atoms. The first-order valence-electron chi connectivity index (χ1n) is 9.43. The molecule has 1 N–H and O–H groups in total. The molecule has 0 radical (unpaired) electrons. The maximum absolute atomic E-state index is 12.9. The smallest absolute Gasteiger partial charge is 0.253 e. The van der Waals surface area contributed by atoms with Gasteiger partial charge in [0.05, 0.1) is 15.6 Å². The summed E-state index contributed by atoms with van der Waals surface area (Å²) < 4.78 is 27.0. The van der Waals surface area contributed by atoms with Gasteiger partial charge in [0, 0.05) is 19.1 Å². The van der Waals surface area contributed by atoms with Gasteiger partial charge in [-0.2, -0.15) is 4.31 Å². The Balaban J connectivity index is 2.36. The van der Waals surface area contributed by atoms with Crippen LogP contribution in [0.2, 0.25) is 10.0 Å². The van der Waals surface area contributed by atoms with Gasteiger partial charge >= 0.3 is 0 Å². The second-order valence-electron chi connectivity index (χ2n) is 7.20. The first-order valence-corrected chi connectivity index (χ1v) is 11.6. The average Bonchev–Trinajstić information content (AvgIpc) is 2.59. The predicted octanol–water partition coefficient (Wildman–Crippen LogP) is 4.58. The van der Waals surface area contributed by atoms with Gasteiger partial charge in [-0.1, -0.05) is 63.7 Å². The lowest BCUT2D eigenvalue weighted by Gasteiger charge is -2.34. The van der Waals surface area contributed by atoms with Gasteiger partial charge < -0.3 is 5.32 Å². The number of nitrogens with one attached hydrogen (secondary N) is 1.